The van der Waals surface area contributed by atoms with Gasteiger partial charge in [-0.25, -0.2) is 14.4 Å². The summed E-state index contributed by atoms with van der Waals surface area (Å²) in [5, 5.41) is 11.6. The first-order valence-corrected chi connectivity index (χ1v) is 8.92. The van der Waals surface area contributed by atoms with Crippen molar-refractivity contribution in [2.45, 2.75) is 18.4 Å². The first-order valence-electron chi connectivity index (χ1n) is 8.92. The molecule has 0 bridgehead atoms. The lowest BCUT2D eigenvalue weighted by molar-refractivity contribution is 0.129. The summed E-state index contributed by atoms with van der Waals surface area (Å²) >= 11 is 0. The second-order valence-electron chi connectivity index (χ2n) is 6.88. The molecule has 1 fully saturated rings. The molecule has 27 heavy (non-hydrogen) atoms. The van der Waals surface area contributed by atoms with Crippen LogP contribution in [-0.4, -0.2) is 41.1 Å². The first kappa shape index (κ1) is 16.3. The number of ether oxygens (including phenoxy) is 2. The van der Waals surface area contributed by atoms with Crippen molar-refractivity contribution >= 4 is 16.7 Å². The molecule has 0 amide bonds. The summed E-state index contributed by atoms with van der Waals surface area (Å²) in [4.78, 5) is 10.6. The number of aliphatic hydroxyl groups is 1. The summed E-state index contributed by atoms with van der Waals surface area (Å²) in [6.45, 7) is 1.42. The predicted octanol–water partition coefficient (Wildman–Crippen LogP) is 2.85. The van der Waals surface area contributed by atoms with Crippen LogP contribution in [-0.2, 0) is 0 Å². The fourth-order valence-corrected chi connectivity index (χ4v) is 3.92. The molecule has 2 aliphatic heterocycles. The van der Waals surface area contributed by atoms with Gasteiger partial charge in [0.1, 0.15) is 18.0 Å². The Bertz CT molecular complexity index is 1010. The monoisotopic (exact) mass is 367 g/mol. The lowest BCUT2D eigenvalue weighted by Crippen LogP contribution is -2.43. The number of hydrogen-bond donors (Lipinski definition) is 1. The lowest BCUT2D eigenvalue weighted by Gasteiger charge is -2.37. The Morgan fingerprint density at radius 1 is 1.07 bits per heavy atom. The fraction of sp³-hybridized carbons (Fsp3) is 0.300. The summed E-state index contributed by atoms with van der Waals surface area (Å²) in [5.41, 5.74) is 1.61. The Hall–Kier alpha value is -2.93. The van der Waals surface area contributed by atoms with Gasteiger partial charge in [0.05, 0.1) is 11.6 Å². The highest BCUT2D eigenvalue weighted by Crippen LogP contribution is 2.38. The van der Waals surface area contributed by atoms with E-state index in [2.05, 4.69) is 9.97 Å². The predicted molar refractivity (Wildman–Crippen MR) is 97.6 cm³/mol. The number of rotatable bonds is 2. The van der Waals surface area contributed by atoms with Crippen molar-refractivity contribution in [3.63, 3.8) is 0 Å². The van der Waals surface area contributed by atoms with Crippen molar-refractivity contribution in [1.29, 1.82) is 0 Å². The van der Waals surface area contributed by atoms with E-state index in [1.807, 2.05) is 23.1 Å². The second kappa shape index (κ2) is 6.35. The van der Waals surface area contributed by atoms with E-state index in [1.54, 1.807) is 6.07 Å². The van der Waals surface area contributed by atoms with Gasteiger partial charge in [-0.3, -0.25) is 0 Å². The number of β-amino-alcohol motifs (C(OH)–C–C–N with tert-alkyl or cyclic N) is 1. The minimum absolute atomic E-state index is 0.0151. The van der Waals surface area contributed by atoms with Gasteiger partial charge in [0, 0.05) is 30.5 Å². The Labute approximate surface area is 155 Å². The molecule has 0 spiro atoms. The number of piperidine rings is 1. The molecule has 1 N–H and O–H groups in total. The van der Waals surface area contributed by atoms with Crippen molar-refractivity contribution in [2.24, 2.45) is 0 Å². The average Bonchev–Trinajstić information content (AvgIpc) is 3.15. The summed E-state index contributed by atoms with van der Waals surface area (Å²) < 4.78 is 24.3. The van der Waals surface area contributed by atoms with Gasteiger partial charge in [0.2, 0.25) is 6.79 Å². The molecule has 1 saturated heterocycles. The number of fused-ring (bicyclic) bond motifs is 2. The van der Waals surface area contributed by atoms with Crippen molar-refractivity contribution in [3.8, 4) is 11.5 Å². The molecule has 1 aromatic heterocycles. The third-order valence-electron chi connectivity index (χ3n) is 5.28. The minimum Gasteiger partial charge on any atom is -0.454 e. The summed E-state index contributed by atoms with van der Waals surface area (Å²) in [6, 6.07) is 10.3. The quantitative estimate of drug-likeness (QED) is 0.751. The maximum absolute atomic E-state index is 13.5. The van der Waals surface area contributed by atoms with Crippen LogP contribution in [0.5, 0.6) is 11.5 Å². The highest BCUT2D eigenvalue weighted by molar-refractivity contribution is 5.89. The topological polar surface area (TPSA) is 67.7 Å². The number of benzene rings is 2. The van der Waals surface area contributed by atoms with E-state index in [4.69, 9.17) is 9.47 Å². The summed E-state index contributed by atoms with van der Waals surface area (Å²) in [7, 11) is 0. The molecule has 2 aromatic carbocycles. The van der Waals surface area contributed by atoms with Gasteiger partial charge in [-0.2, -0.15) is 0 Å². The number of nitrogens with zero attached hydrogens (tertiary/aromatic N) is 3. The zero-order valence-electron chi connectivity index (χ0n) is 14.5. The van der Waals surface area contributed by atoms with Crippen molar-refractivity contribution in [1.82, 2.24) is 9.97 Å². The zero-order chi connectivity index (χ0) is 18.4. The van der Waals surface area contributed by atoms with Crippen LogP contribution in [0.4, 0.5) is 10.2 Å². The van der Waals surface area contributed by atoms with Gasteiger partial charge in [0.25, 0.3) is 0 Å². The highest BCUT2D eigenvalue weighted by Gasteiger charge is 2.31. The fourth-order valence-electron chi connectivity index (χ4n) is 3.92. The number of hydrogen-bond acceptors (Lipinski definition) is 6. The summed E-state index contributed by atoms with van der Waals surface area (Å²) in [5.74, 6) is 1.88. The Kier molecular flexibility index (Phi) is 3.82. The summed E-state index contributed by atoms with van der Waals surface area (Å²) in [6.07, 6.45) is 1.66. The average molecular weight is 367 g/mol. The van der Waals surface area contributed by atoms with Crippen LogP contribution in [0.3, 0.4) is 0 Å². The van der Waals surface area contributed by atoms with E-state index in [9.17, 15) is 9.50 Å². The van der Waals surface area contributed by atoms with E-state index in [-0.39, 0.29) is 18.5 Å². The van der Waals surface area contributed by atoms with Crippen LogP contribution in [0, 0.1) is 5.82 Å². The van der Waals surface area contributed by atoms with Crippen LogP contribution in [0.2, 0.25) is 0 Å². The van der Waals surface area contributed by atoms with Crippen LogP contribution in [0.25, 0.3) is 10.9 Å². The standard InChI is InChI=1S/C20H18FN3O3/c21-13-2-3-15-16(8-13)22-10-23-20(15)24-6-5-14(17(25)9-24)12-1-4-18-19(7-12)27-11-26-18/h1-4,7-8,10,14,17,25H,5-6,9,11H2/t14-,17+/m0/s1. The number of anilines is 1. The van der Waals surface area contributed by atoms with Crippen molar-refractivity contribution < 1.29 is 19.0 Å². The van der Waals surface area contributed by atoms with Gasteiger partial charge in [-0.15, -0.1) is 0 Å². The van der Waals surface area contributed by atoms with Gasteiger partial charge in [0.15, 0.2) is 11.5 Å². The molecule has 0 aliphatic carbocycles. The Morgan fingerprint density at radius 2 is 1.96 bits per heavy atom. The first-order chi connectivity index (χ1) is 13.2. The molecular formula is C20H18FN3O3. The normalized spacial score (nSPS) is 21.6. The number of aliphatic hydroxyl groups excluding tert-OH is 1. The zero-order valence-corrected chi connectivity index (χ0v) is 14.5. The van der Waals surface area contributed by atoms with Gasteiger partial charge >= 0.3 is 0 Å². The maximum Gasteiger partial charge on any atom is 0.231 e. The number of aromatic nitrogens is 2. The molecule has 138 valence electrons. The van der Waals surface area contributed by atoms with E-state index >= 15 is 0 Å². The molecule has 3 aromatic rings. The molecule has 0 radical (unpaired) electrons. The van der Waals surface area contributed by atoms with Crippen molar-refractivity contribution in [2.75, 3.05) is 24.8 Å². The molecule has 5 rings (SSSR count). The van der Waals surface area contributed by atoms with Gasteiger partial charge in [-0.1, -0.05) is 6.07 Å². The molecule has 7 heteroatoms. The van der Waals surface area contributed by atoms with Gasteiger partial charge < -0.3 is 19.5 Å². The molecule has 2 aliphatic rings. The minimum atomic E-state index is -0.551. The van der Waals surface area contributed by atoms with E-state index in [1.165, 1.54) is 18.5 Å². The second-order valence-corrected chi connectivity index (χ2v) is 6.88. The van der Waals surface area contributed by atoms with Crippen molar-refractivity contribution in [3.05, 3.63) is 54.1 Å². The Balaban J connectivity index is 1.40. The third-order valence-corrected chi connectivity index (χ3v) is 5.28. The van der Waals surface area contributed by atoms with Crippen LogP contribution >= 0.6 is 0 Å². The van der Waals surface area contributed by atoms with E-state index in [0.717, 1.165) is 41.2 Å². The molecule has 0 saturated carbocycles. The largest absolute Gasteiger partial charge is 0.454 e. The van der Waals surface area contributed by atoms with Crippen LogP contribution in [0.1, 0.15) is 17.9 Å². The Morgan fingerprint density at radius 3 is 2.85 bits per heavy atom. The molecule has 0 unspecified atom stereocenters. The van der Waals surface area contributed by atoms with Gasteiger partial charge in [-0.05, 0) is 36.2 Å². The van der Waals surface area contributed by atoms with E-state index in [0.29, 0.717) is 12.1 Å². The molecule has 3 heterocycles. The third kappa shape index (κ3) is 2.84. The maximum atomic E-state index is 13.5. The number of halogens is 1. The molecule has 2 atom stereocenters. The lowest BCUT2D eigenvalue weighted by atomic mass is 9.87. The SMILES string of the molecule is O[C@@H]1CN(c2ncnc3cc(F)ccc23)CC[C@H]1c1ccc2c(c1)OCO2. The van der Waals surface area contributed by atoms with Crippen LogP contribution < -0.4 is 14.4 Å². The highest BCUT2D eigenvalue weighted by atomic mass is 19.1. The van der Waals surface area contributed by atoms with Crippen LogP contribution in [0.15, 0.2) is 42.7 Å². The van der Waals surface area contributed by atoms with E-state index < -0.39 is 6.10 Å². The molecular weight excluding hydrogens is 349 g/mol. The smallest absolute Gasteiger partial charge is 0.231 e. The molecule has 6 nitrogen and oxygen atoms in total.